The Hall–Kier alpha value is -2.60. The summed E-state index contributed by atoms with van der Waals surface area (Å²) in [7, 11) is -8.01. The minimum absolute atomic E-state index is 0.0622. The Bertz CT molecular complexity index is 1550. The van der Waals surface area contributed by atoms with Crippen LogP contribution in [0.25, 0.3) is 0 Å². The highest BCUT2D eigenvalue weighted by Crippen LogP contribution is 2.56. The predicted octanol–water partition coefficient (Wildman–Crippen LogP) is 4.49. The van der Waals surface area contributed by atoms with Gasteiger partial charge in [-0.1, -0.05) is 17.7 Å². The second-order valence-electron chi connectivity index (χ2n) is 9.36. The van der Waals surface area contributed by atoms with Crippen LogP contribution < -0.4 is 4.74 Å². The first kappa shape index (κ1) is 27.0. The molecule has 1 aromatic heterocycles. The smallest absolute Gasteiger partial charge is 0.189 e. The maximum absolute atomic E-state index is 15.4. The number of benzene rings is 2. The molecular weight excluding hydrogens is 560 g/mol. The number of nitrogens with zero attached hydrogens (tertiary/aromatic N) is 1. The van der Waals surface area contributed by atoms with Crippen LogP contribution in [0, 0.1) is 17.6 Å². The Balaban J connectivity index is 1.56. The zero-order valence-electron chi connectivity index (χ0n) is 20.0. The van der Waals surface area contributed by atoms with Crippen molar-refractivity contribution in [3.63, 3.8) is 0 Å². The molecule has 0 N–H and O–H groups in total. The van der Waals surface area contributed by atoms with Crippen molar-refractivity contribution in [3.05, 3.63) is 88.7 Å². The van der Waals surface area contributed by atoms with E-state index in [9.17, 15) is 21.2 Å². The van der Waals surface area contributed by atoms with E-state index < -0.39 is 59.4 Å². The summed E-state index contributed by atoms with van der Waals surface area (Å²) in [5, 5.41) is 0.311. The molecule has 3 atom stereocenters. The summed E-state index contributed by atoms with van der Waals surface area (Å²) in [5.74, 6) is -3.88. The lowest BCUT2D eigenvalue weighted by atomic mass is 9.75. The molecule has 12 heteroatoms. The fourth-order valence-electron chi connectivity index (χ4n) is 5.41. The lowest BCUT2D eigenvalue weighted by molar-refractivity contribution is -0.0732. The number of hydrogen-bond acceptors (Lipinski definition) is 7. The molecule has 7 nitrogen and oxygen atoms in total. The number of pyridine rings is 1. The van der Waals surface area contributed by atoms with Gasteiger partial charge in [0.1, 0.15) is 10.6 Å². The first-order chi connectivity index (χ1) is 18.0. The second-order valence-corrected chi connectivity index (χ2v) is 14.2. The Kier molecular flexibility index (Phi) is 7.23. The highest BCUT2D eigenvalue weighted by molar-refractivity contribution is 7.92. The van der Waals surface area contributed by atoms with Crippen molar-refractivity contribution >= 4 is 31.3 Å². The quantitative estimate of drug-likeness (QED) is 0.404. The molecule has 2 aliphatic heterocycles. The van der Waals surface area contributed by atoms with Crippen molar-refractivity contribution in [2.75, 3.05) is 19.0 Å². The summed E-state index contributed by atoms with van der Waals surface area (Å²) < 4.78 is 94.1. The van der Waals surface area contributed by atoms with Crippen molar-refractivity contribution in [1.29, 1.82) is 0 Å². The van der Waals surface area contributed by atoms with E-state index in [2.05, 4.69) is 4.98 Å². The van der Waals surface area contributed by atoms with E-state index in [1.807, 2.05) is 0 Å². The van der Waals surface area contributed by atoms with Crippen LogP contribution in [0.15, 0.2) is 65.7 Å². The van der Waals surface area contributed by atoms with Gasteiger partial charge in [0.25, 0.3) is 0 Å². The number of sulfone groups is 2. The first-order valence-electron chi connectivity index (χ1n) is 11.9. The largest absolute Gasteiger partial charge is 0.490 e. The lowest BCUT2D eigenvalue weighted by Crippen LogP contribution is -2.57. The Morgan fingerprint density at radius 3 is 2.45 bits per heavy atom. The Morgan fingerprint density at radius 2 is 1.74 bits per heavy atom. The van der Waals surface area contributed by atoms with E-state index in [1.54, 1.807) is 18.2 Å². The highest BCUT2D eigenvalue weighted by Gasteiger charge is 2.61. The number of fused-ring (bicyclic) bond motifs is 3. The van der Waals surface area contributed by atoms with Crippen molar-refractivity contribution in [2.45, 2.75) is 34.3 Å². The van der Waals surface area contributed by atoms with Gasteiger partial charge in [0, 0.05) is 23.7 Å². The van der Waals surface area contributed by atoms with Gasteiger partial charge in [-0.15, -0.1) is 0 Å². The van der Waals surface area contributed by atoms with Crippen LogP contribution in [-0.4, -0.2) is 46.9 Å². The van der Waals surface area contributed by atoms with Crippen LogP contribution in [-0.2, 0) is 34.9 Å². The molecule has 2 aromatic carbocycles. The summed E-state index contributed by atoms with van der Waals surface area (Å²) in [4.78, 5) is 3.94. The topological polar surface area (TPSA) is 99.6 Å². The van der Waals surface area contributed by atoms with Gasteiger partial charge >= 0.3 is 0 Å². The van der Waals surface area contributed by atoms with Gasteiger partial charge in [-0.05, 0) is 61.4 Å². The molecule has 38 heavy (non-hydrogen) atoms. The fraction of sp³-hybridized carbons (Fsp3) is 0.346. The van der Waals surface area contributed by atoms with Crippen LogP contribution in [0.3, 0.4) is 0 Å². The van der Waals surface area contributed by atoms with E-state index in [0.717, 1.165) is 12.1 Å². The predicted molar refractivity (Wildman–Crippen MR) is 136 cm³/mol. The van der Waals surface area contributed by atoms with Crippen LogP contribution in [0.4, 0.5) is 8.78 Å². The van der Waals surface area contributed by atoms with Crippen LogP contribution in [0.5, 0.6) is 5.75 Å². The van der Waals surface area contributed by atoms with Gasteiger partial charge in [0.15, 0.2) is 31.2 Å². The average molecular weight is 584 g/mol. The van der Waals surface area contributed by atoms with Gasteiger partial charge in [-0.2, -0.15) is 0 Å². The van der Waals surface area contributed by atoms with Crippen LogP contribution in [0.2, 0.25) is 5.02 Å². The lowest BCUT2D eigenvalue weighted by Gasteiger charge is -2.50. The van der Waals surface area contributed by atoms with Gasteiger partial charge in [-0.25, -0.2) is 25.6 Å². The number of rotatable bonds is 7. The van der Waals surface area contributed by atoms with Crippen molar-refractivity contribution in [2.24, 2.45) is 5.92 Å². The maximum Gasteiger partial charge on any atom is 0.189 e. The summed E-state index contributed by atoms with van der Waals surface area (Å²) in [5.41, 5.74) is -0.0162. The summed E-state index contributed by atoms with van der Waals surface area (Å²) in [6, 6.07) is 12.2. The molecule has 202 valence electrons. The zero-order chi connectivity index (χ0) is 27.1. The summed E-state index contributed by atoms with van der Waals surface area (Å²) in [6.45, 7) is -0.408. The number of ether oxygens (including phenoxy) is 2. The molecule has 2 aliphatic rings. The monoisotopic (exact) mass is 583 g/mol. The number of hydrogen-bond donors (Lipinski definition) is 0. The van der Waals surface area contributed by atoms with Crippen molar-refractivity contribution in [3.8, 4) is 5.75 Å². The number of halogens is 3. The third-order valence-corrected chi connectivity index (χ3v) is 11.6. The maximum atomic E-state index is 15.4. The molecular formula is C26H24ClF2NO6S2. The van der Waals surface area contributed by atoms with Crippen molar-refractivity contribution in [1.82, 2.24) is 4.98 Å². The third-order valence-electron chi connectivity index (χ3n) is 7.15. The molecule has 3 heterocycles. The molecule has 0 saturated carbocycles. The third kappa shape index (κ3) is 4.70. The van der Waals surface area contributed by atoms with Crippen LogP contribution >= 0.6 is 11.6 Å². The normalized spacial score (nSPS) is 23.2. The minimum atomic E-state index is -4.37. The van der Waals surface area contributed by atoms with E-state index in [4.69, 9.17) is 21.1 Å². The molecule has 1 saturated heterocycles. The standard InChI is InChI=1S/C26H24ClF2NO6S2/c27-17-4-6-19(7-5-17)38(33,34)26-11-13-35-23(10-14-37(31,32)16-18-3-1-2-12-30-18)20(26)15-36-25-22(29)9-8-21(28)24(25)26/h1-9,12,20,23H,10-11,13-16H2/t20-,23-,26-/m0/s1. The van der Waals surface area contributed by atoms with Gasteiger partial charge in [-0.3, -0.25) is 4.98 Å². The van der Waals surface area contributed by atoms with Crippen molar-refractivity contribution < 1.29 is 35.1 Å². The molecule has 0 radical (unpaired) electrons. The first-order valence-corrected chi connectivity index (χ1v) is 15.6. The van der Waals surface area contributed by atoms with E-state index in [0.29, 0.717) is 10.7 Å². The Morgan fingerprint density at radius 1 is 1.00 bits per heavy atom. The molecule has 1 fully saturated rings. The van der Waals surface area contributed by atoms with Gasteiger partial charge in [0.05, 0.1) is 40.4 Å². The molecule has 3 aromatic rings. The molecule has 0 bridgehead atoms. The van der Waals surface area contributed by atoms with Gasteiger partial charge in [0.2, 0.25) is 0 Å². The average Bonchev–Trinajstić information content (AvgIpc) is 2.89. The highest BCUT2D eigenvalue weighted by atomic mass is 35.5. The molecule has 0 spiro atoms. The molecule has 0 amide bonds. The summed E-state index contributed by atoms with van der Waals surface area (Å²) >= 11 is 5.97. The Labute approximate surface area is 224 Å². The SMILES string of the molecule is O=S(=O)(CC[C@@H]1OCC[C@@]2(S(=O)(=O)c3ccc(Cl)cc3)c3c(F)ccc(F)c3OC[C@@H]12)Cc1ccccn1. The number of aromatic nitrogens is 1. The fourth-order valence-corrected chi connectivity index (χ4v) is 9.24. The van der Waals surface area contributed by atoms with Crippen LogP contribution in [0.1, 0.15) is 24.1 Å². The molecule has 5 rings (SSSR count). The van der Waals surface area contributed by atoms with E-state index in [-0.39, 0.29) is 42.5 Å². The second kappa shape index (κ2) is 10.2. The van der Waals surface area contributed by atoms with Gasteiger partial charge < -0.3 is 9.47 Å². The van der Waals surface area contributed by atoms with E-state index in [1.165, 1.54) is 30.5 Å². The minimum Gasteiger partial charge on any atom is -0.490 e. The summed E-state index contributed by atoms with van der Waals surface area (Å²) in [6.07, 6.45) is 0.347. The molecule has 0 aliphatic carbocycles. The zero-order valence-corrected chi connectivity index (χ0v) is 22.4. The molecule has 0 unspecified atom stereocenters. The van der Waals surface area contributed by atoms with E-state index >= 15 is 4.39 Å².